The second kappa shape index (κ2) is 4.19. The summed E-state index contributed by atoms with van der Waals surface area (Å²) in [5.74, 6) is -0.251. The lowest BCUT2D eigenvalue weighted by Crippen LogP contribution is -2.16. The Labute approximate surface area is 94.6 Å². The molecule has 1 aromatic rings. The first-order chi connectivity index (χ1) is 6.86. The van der Waals surface area contributed by atoms with Crippen molar-refractivity contribution in [3.63, 3.8) is 0 Å². The molecule has 1 heterocycles. The van der Waals surface area contributed by atoms with Crippen LogP contribution in [0.3, 0.4) is 0 Å². The molecule has 4 heteroatoms. The fraction of sp³-hybridized carbons (Fsp3) is 0.455. The number of nitrogens with zero attached hydrogens (tertiary/aromatic N) is 1. The molecule has 1 aromatic heterocycles. The predicted molar refractivity (Wildman–Crippen MR) is 61.3 cm³/mol. The van der Waals surface area contributed by atoms with E-state index < -0.39 is 5.91 Å². The number of pyridine rings is 1. The van der Waals surface area contributed by atoms with Crippen LogP contribution in [-0.4, -0.2) is 10.9 Å². The number of hydrogen-bond donors (Lipinski definition) is 1. The number of rotatable bonds is 2. The second-order valence-electron chi connectivity index (χ2n) is 3.92. The molecule has 0 bridgehead atoms. The van der Waals surface area contributed by atoms with E-state index in [1.165, 1.54) is 0 Å². The molecule has 0 atom stereocenters. The maximum atomic E-state index is 11.1. The average Bonchev–Trinajstić information content (AvgIpc) is 2.10. The average molecular weight is 227 g/mol. The van der Waals surface area contributed by atoms with Crippen molar-refractivity contribution in [2.45, 2.75) is 33.6 Å². The smallest absolute Gasteiger partial charge is 0.268 e. The molecular weight excluding hydrogens is 212 g/mol. The van der Waals surface area contributed by atoms with Crippen LogP contribution in [0.15, 0.2) is 0 Å². The first kappa shape index (κ1) is 12.0. The summed E-state index contributed by atoms with van der Waals surface area (Å²) in [7, 11) is 0. The molecule has 1 rings (SSSR count). The normalized spacial score (nSPS) is 10.8. The van der Waals surface area contributed by atoms with Gasteiger partial charge < -0.3 is 5.73 Å². The number of primary amides is 1. The van der Waals surface area contributed by atoms with Crippen LogP contribution < -0.4 is 5.73 Å². The van der Waals surface area contributed by atoms with Gasteiger partial charge in [0.25, 0.3) is 5.91 Å². The van der Waals surface area contributed by atoms with Gasteiger partial charge in [-0.2, -0.15) is 0 Å². The number of aromatic nitrogens is 1. The van der Waals surface area contributed by atoms with Crippen molar-refractivity contribution >= 4 is 17.5 Å². The Morgan fingerprint density at radius 2 is 1.93 bits per heavy atom. The Kier molecular flexibility index (Phi) is 3.35. The van der Waals surface area contributed by atoms with Crippen LogP contribution in [-0.2, 0) is 0 Å². The number of halogens is 1. The minimum absolute atomic E-state index is 0.163. The Balaban J connectivity index is 3.51. The first-order valence-corrected chi connectivity index (χ1v) is 5.20. The van der Waals surface area contributed by atoms with Crippen LogP contribution in [0.5, 0.6) is 0 Å². The van der Waals surface area contributed by atoms with Gasteiger partial charge in [-0.25, -0.2) is 4.98 Å². The zero-order valence-corrected chi connectivity index (χ0v) is 10.1. The van der Waals surface area contributed by atoms with Gasteiger partial charge in [-0.1, -0.05) is 25.4 Å². The van der Waals surface area contributed by atoms with Gasteiger partial charge >= 0.3 is 0 Å². The van der Waals surface area contributed by atoms with Crippen LogP contribution >= 0.6 is 11.6 Å². The third-order valence-corrected chi connectivity index (χ3v) is 2.88. The van der Waals surface area contributed by atoms with Crippen LogP contribution in [0.1, 0.15) is 47.1 Å². The highest BCUT2D eigenvalue weighted by molar-refractivity contribution is 6.34. The third-order valence-electron chi connectivity index (χ3n) is 2.42. The summed E-state index contributed by atoms with van der Waals surface area (Å²) in [6.07, 6.45) is 0. The first-order valence-electron chi connectivity index (χ1n) is 4.82. The van der Waals surface area contributed by atoms with E-state index in [9.17, 15) is 4.79 Å². The minimum atomic E-state index is -0.582. The SMILES string of the molecule is Cc1nc(C(N)=O)c(Cl)c(C)c1C(C)C. The molecule has 0 aliphatic rings. The lowest BCUT2D eigenvalue weighted by molar-refractivity contribution is 0.0995. The number of hydrogen-bond acceptors (Lipinski definition) is 2. The summed E-state index contributed by atoms with van der Waals surface area (Å²) in [4.78, 5) is 15.2. The summed E-state index contributed by atoms with van der Waals surface area (Å²) in [6.45, 7) is 7.89. The monoisotopic (exact) mass is 226 g/mol. The van der Waals surface area contributed by atoms with Crippen LogP contribution in [0.4, 0.5) is 0 Å². The van der Waals surface area contributed by atoms with E-state index >= 15 is 0 Å². The lowest BCUT2D eigenvalue weighted by atomic mass is 9.96. The van der Waals surface area contributed by atoms with E-state index in [2.05, 4.69) is 18.8 Å². The number of carbonyl (C=O) groups is 1. The molecule has 0 aliphatic carbocycles. The quantitative estimate of drug-likeness (QED) is 0.843. The van der Waals surface area contributed by atoms with Gasteiger partial charge in [0, 0.05) is 5.69 Å². The molecule has 3 nitrogen and oxygen atoms in total. The molecule has 0 saturated carbocycles. The van der Waals surface area contributed by atoms with Crippen molar-refractivity contribution in [3.8, 4) is 0 Å². The van der Waals surface area contributed by atoms with E-state index in [-0.39, 0.29) is 5.69 Å². The van der Waals surface area contributed by atoms with Crippen LogP contribution in [0.25, 0.3) is 0 Å². The highest BCUT2D eigenvalue weighted by Crippen LogP contribution is 2.29. The van der Waals surface area contributed by atoms with Gasteiger partial charge in [-0.05, 0) is 30.9 Å². The number of aryl methyl sites for hydroxylation is 1. The largest absolute Gasteiger partial charge is 0.364 e. The van der Waals surface area contributed by atoms with E-state index in [4.69, 9.17) is 17.3 Å². The van der Waals surface area contributed by atoms with E-state index in [0.29, 0.717) is 10.9 Å². The molecular formula is C11H15ClN2O. The van der Waals surface area contributed by atoms with Crippen molar-refractivity contribution in [1.82, 2.24) is 4.98 Å². The standard InChI is InChI=1S/C11H15ClN2O/c1-5(2)8-6(3)9(12)10(11(13)15)14-7(8)4/h5H,1-4H3,(H2,13,15). The molecule has 0 saturated heterocycles. The van der Waals surface area contributed by atoms with Gasteiger partial charge in [-0.3, -0.25) is 4.79 Å². The summed E-state index contributed by atoms with van der Waals surface area (Å²) >= 11 is 6.05. The minimum Gasteiger partial charge on any atom is -0.364 e. The van der Waals surface area contributed by atoms with E-state index in [0.717, 1.165) is 16.8 Å². The van der Waals surface area contributed by atoms with Crippen molar-refractivity contribution in [1.29, 1.82) is 0 Å². The third kappa shape index (κ3) is 2.12. The molecule has 0 unspecified atom stereocenters. The van der Waals surface area contributed by atoms with Crippen LogP contribution in [0, 0.1) is 13.8 Å². The van der Waals surface area contributed by atoms with Gasteiger partial charge in [0.1, 0.15) is 5.69 Å². The molecule has 1 amide bonds. The molecule has 82 valence electrons. The summed E-state index contributed by atoms with van der Waals surface area (Å²) < 4.78 is 0. The highest BCUT2D eigenvalue weighted by Gasteiger charge is 2.18. The predicted octanol–water partition coefficient (Wildman–Crippen LogP) is 2.57. The van der Waals surface area contributed by atoms with Gasteiger partial charge in [0.05, 0.1) is 5.02 Å². The molecule has 0 aromatic carbocycles. The molecule has 2 N–H and O–H groups in total. The highest BCUT2D eigenvalue weighted by atomic mass is 35.5. The van der Waals surface area contributed by atoms with Crippen molar-refractivity contribution in [3.05, 3.63) is 27.5 Å². The Hall–Kier alpha value is -1.09. The maximum absolute atomic E-state index is 11.1. The second-order valence-corrected chi connectivity index (χ2v) is 4.30. The topological polar surface area (TPSA) is 56.0 Å². The van der Waals surface area contributed by atoms with Crippen molar-refractivity contribution < 1.29 is 4.79 Å². The summed E-state index contributed by atoms with van der Waals surface area (Å²) in [5, 5.41) is 0.372. The Morgan fingerprint density at radius 1 is 1.40 bits per heavy atom. The van der Waals surface area contributed by atoms with E-state index in [1.54, 1.807) is 0 Å². The molecule has 0 aliphatic heterocycles. The fourth-order valence-corrected chi connectivity index (χ4v) is 2.10. The summed E-state index contributed by atoms with van der Waals surface area (Å²) in [5.41, 5.74) is 8.16. The van der Waals surface area contributed by atoms with E-state index in [1.807, 2.05) is 13.8 Å². The number of amides is 1. The molecule has 0 fully saturated rings. The van der Waals surface area contributed by atoms with Gasteiger partial charge in [-0.15, -0.1) is 0 Å². The van der Waals surface area contributed by atoms with Gasteiger partial charge in [0.15, 0.2) is 0 Å². The fourth-order valence-electron chi connectivity index (χ4n) is 1.86. The van der Waals surface area contributed by atoms with Crippen molar-refractivity contribution in [2.75, 3.05) is 0 Å². The molecule has 0 radical (unpaired) electrons. The number of nitrogens with two attached hydrogens (primary N) is 1. The van der Waals surface area contributed by atoms with Crippen LogP contribution in [0.2, 0.25) is 5.02 Å². The summed E-state index contributed by atoms with van der Waals surface area (Å²) in [6, 6.07) is 0. The number of carbonyl (C=O) groups excluding carboxylic acids is 1. The zero-order valence-electron chi connectivity index (χ0n) is 9.39. The lowest BCUT2D eigenvalue weighted by Gasteiger charge is -2.15. The molecule has 15 heavy (non-hydrogen) atoms. The maximum Gasteiger partial charge on any atom is 0.268 e. The van der Waals surface area contributed by atoms with Crippen molar-refractivity contribution in [2.24, 2.45) is 5.73 Å². The molecule has 0 spiro atoms. The Morgan fingerprint density at radius 3 is 2.33 bits per heavy atom. The Bertz CT molecular complexity index is 414. The van der Waals surface area contributed by atoms with Gasteiger partial charge in [0.2, 0.25) is 0 Å². The zero-order chi connectivity index (χ0) is 11.7.